The molecule has 0 saturated carbocycles. The molecule has 7 heteroatoms. The van der Waals surface area contributed by atoms with Crippen LogP contribution in [0.5, 0.6) is 0 Å². The molecule has 142 valence electrons. The van der Waals surface area contributed by atoms with Crippen LogP contribution < -0.4 is 4.90 Å². The van der Waals surface area contributed by atoms with Gasteiger partial charge in [-0.1, -0.05) is 36.4 Å². The van der Waals surface area contributed by atoms with Gasteiger partial charge >= 0.3 is 12.3 Å². The maximum atomic E-state index is 13.2. The summed E-state index contributed by atoms with van der Waals surface area (Å²) in [4.78, 5) is 26.3. The van der Waals surface area contributed by atoms with Gasteiger partial charge in [0.2, 0.25) is 5.91 Å². The van der Waals surface area contributed by atoms with Gasteiger partial charge in [-0.2, -0.15) is 13.2 Å². The number of amides is 2. The Morgan fingerprint density at radius 3 is 2.22 bits per heavy atom. The molecule has 0 N–H and O–H groups in total. The second-order valence-electron chi connectivity index (χ2n) is 7.27. The molecule has 27 heavy (non-hydrogen) atoms. The smallest absolute Gasteiger partial charge is 0.421 e. The molecule has 0 radical (unpaired) electrons. The van der Waals surface area contributed by atoms with E-state index in [2.05, 4.69) is 0 Å². The molecule has 2 aromatic rings. The van der Waals surface area contributed by atoms with Crippen LogP contribution in [-0.4, -0.2) is 17.6 Å². The van der Waals surface area contributed by atoms with E-state index >= 15 is 0 Å². The molecule has 2 amide bonds. The largest absolute Gasteiger partial charge is 0.443 e. The predicted octanol–water partition coefficient (Wildman–Crippen LogP) is 5.12. The van der Waals surface area contributed by atoms with Crippen LogP contribution in [-0.2, 0) is 15.7 Å². The lowest BCUT2D eigenvalue weighted by Crippen LogP contribution is -2.39. The van der Waals surface area contributed by atoms with Gasteiger partial charge in [0.25, 0.3) is 0 Å². The van der Waals surface area contributed by atoms with E-state index in [0.29, 0.717) is 16.0 Å². The number of rotatable bonds is 1. The van der Waals surface area contributed by atoms with E-state index in [1.807, 2.05) is 0 Å². The van der Waals surface area contributed by atoms with E-state index in [-0.39, 0.29) is 5.69 Å². The Kier molecular flexibility index (Phi) is 4.49. The highest BCUT2D eigenvalue weighted by atomic mass is 19.4. The number of fused-ring (bicyclic) bond motifs is 1. The number of hydrogen-bond acceptors (Lipinski definition) is 3. The highest BCUT2D eigenvalue weighted by molar-refractivity contribution is 6.20. The number of ether oxygens (including phenoxy) is 1. The summed E-state index contributed by atoms with van der Waals surface area (Å²) in [6.45, 7) is 4.85. The van der Waals surface area contributed by atoms with E-state index in [0.717, 1.165) is 12.1 Å². The predicted molar refractivity (Wildman–Crippen MR) is 93.4 cm³/mol. The van der Waals surface area contributed by atoms with E-state index in [1.54, 1.807) is 51.1 Å². The van der Waals surface area contributed by atoms with Gasteiger partial charge in [-0.25, -0.2) is 9.69 Å². The molecule has 4 nitrogen and oxygen atoms in total. The van der Waals surface area contributed by atoms with E-state index in [9.17, 15) is 22.8 Å². The van der Waals surface area contributed by atoms with Crippen molar-refractivity contribution in [2.45, 2.75) is 38.5 Å². The summed E-state index contributed by atoms with van der Waals surface area (Å²) in [6.07, 6.45) is -5.59. The molecular weight excluding hydrogens is 359 g/mol. The van der Waals surface area contributed by atoms with Crippen molar-refractivity contribution in [1.82, 2.24) is 0 Å². The Labute approximate surface area is 154 Å². The van der Waals surface area contributed by atoms with Gasteiger partial charge < -0.3 is 4.74 Å². The molecule has 2 aromatic carbocycles. The Bertz CT molecular complexity index is 886. The molecule has 0 saturated heterocycles. The van der Waals surface area contributed by atoms with E-state index < -0.39 is 35.3 Å². The van der Waals surface area contributed by atoms with Crippen LogP contribution in [0.3, 0.4) is 0 Å². The summed E-state index contributed by atoms with van der Waals surface area (Å²) in [7, 11) is 0. The normalized spacial score (nSPS) is 17.0. The topological polar surface area (TPSA) is 46.6 Å². The monoisotopic (exact) mass is 377 g/mol. The molecule has 1 unspecified atom stereocenters. The number of carbonyl (C=O) groups is 2. The summed E-state index contributed by atoms with van der Waals surface area (Å²) in [6, 6.07) is 11.6. The lowest BCUT2D eigenvalue weighted by molar-refractivity contribution is -0.137. The molecule has 1 aliphatic rings. The zero-order chi connectivity index (χ0) is 20.0. The third-order valence-electron chi connectivity index (χ3n) is 4.09. The quantitative estimate of drug-likeness (QED) is 0.693. The Hall–Kier alpha value is -2.83. The van der Waals surface area contributed by atoms with Crippen LogP contribution in [0.1, 0.15) is 43.4 Å². The summed E-state index contributed by atoms with van der Waals surface area (Å²) in [5.41, 5.74) is -1.00. The second-order valence-corrected chi connectivity index (χ2v) is 7.27. The molecule has 0 aromatic heterocycles. The molecule has 1 atom stereocenters. The SMILES string of the molecule is CC(C)(C)OC(=O)N1C(=O)C(c2ccccc2)c2ccc(C(F)(F)F)cc21. The van der Waals surface area contributed by atoms with Gasteiger partial charge in [-0.3, -0.25) is 4.79 Å². The molecule has 3 rings (SSSR count). The average Bonchev–Trinajstić information content (AvgIpc) is 2.84. The summed E-state index contributed by atoms with van der Waals surface area (Å²) in [5.74, 6) is -1.50. The van der Waals surface area contributed by atoms with Gasteiger partial charge in [0.05, 0.1) is 17.2 Å². The highest BCUT2D eigenvalue weighted by Gasteiger charge is 2.45. The molecule has 1 heterocycles. The molecule has 0 aliphatic carbocycles. The van der Waals surface area contributed by atoms with Crippen LogP contribution >= 0.6 is 0 Å². The van der Waals surface area contributed by atoms with Crippen molar-refractivity contribution < 1.29 is 27.5 Å². The molecule has 0 spiro atoms. The lowest BCUT2D eigenvalue weighted by atomic mass is 9.92. The molecule has 0 fully saturated rings. The fourth-order valence-corrected chi connectivity index (χ4v) is 3.00. The fourth-order valence-electron chi connectivity index (χ4n) is 3.00. The standard InChI is InChI=1S/C20H18F3NO3/c1-19(2,3)27-18(26)24-15-11-13(20(21,22)23)9-10-14(15)16(17(24)25)12-7-5-4-6-8-12/h4-11,16H,1-3H3. The zero-order valence-electron chi connectivity index (χ0n) is 15.0. The lowest BCUT2D eigenvalue weighted by Gasteiger charge is -2.24. The van der Waals surface area contributed by atoms with Gasteiger partial charge in [0.1, 0.15) is 5.60 Å². The Morgan fingerprint density at radius 1 is 1.04 bits per heavy atom. The van der Waals surface area contributed by atoms with Crippen molar-refractivity contribution in [3.8, 4) is 0 Å². The summed E-state index contributed by atoms with van der Waals surface area (Å²) < 4.78 is 44.7. The van der Waals surface area contributed by atoms with Crippen LogP contribution in [0.25, 0.3) is 0 Å². The van der Waals surface area contributed by atoms with Crippen molar-refractivity contribution in [2.24, 2.45) is 0 Å². The number of benzene rings is 2. The number of hydrogen-bond donors (Lipinski definition) is 0. The number of halogens is 3. The number of imide groups is 1. The van der Waals surface area contributed by atoms with Crippen molar-refractivity contribution in [3.63, 3.8) is 0 Å². The first-order chi connectivity index (χ1) is 12.5. The molecule has 1 aliphatic heterocycles. The summed E-state index contributed by atoms with van der Waals surface area (Å²) >= 11 is 0. The van der Waals surface area contributed by atoms with Crippen LogP contribution in [0.15, 0.2) is 48.5 Å². The van der Waals surface area contributed by atoms with Gasteiger partial charge in [0, 0.05) is 0 Å². The van der Waals surface area contributed by atoms with Gasteiger partial charge in [-0.05, 0) is 44.0 Å². The maximum absolute atomic E-state index is 13.2. The maximum Gasteiger partial charge on any atom is 0.421 e. The zero-order valence-corrected chi connectivity index (χ0v) is 15.0. The van der Waals surface area contributed by atoms with Crippen LogP contribution in [0.4, 0.5) is 23.7 Å². The minimum atomic E-state index is -4.59. The van der Waals surface area contributed by atoms with Gasteiger partial charge in [-0.15, -0.1) is 0 Å². The van der Waals surface area contributed by atoms with Crippen molar-refractivity contribution >= 4 is 17.7 Å². The highest BCUT2D eigenvalue weighted by Crippen LogP contribution is 2.44. The number of anilines is 1. The average molecular weight is 377 g/mol. The number of carbonyl (C=O) groups excluding carboxylic acids is 2. The first-order valence-corrected chi connectivity index (χ1v) is 8.32. The Morgan fingerprint density at radius 2 is 1.67 bits per heavy atom. The molecule has 0 bridgehead atoms. The van der Waals surface area contributed by atoms with Gasteiger partial charge in [0.15, 0.2) is 0 Å². The summed E-state index contributed by atoms with van der Waals surface area (Å²) in [5, 5.41) is 0. The minimum absolute atomic E-state index is 0.0991. The second kappa shape index (κ2) is 6.40. The van der Waals surface area contributed by atoms with E-state index in [1.165, 1.54) is 6.07 Å². The number of nitrogens with zero attached hydrogens (tertiary/aromatic N) is 1. The van der Waals surface area contributed by atoms with Crippen molar-refractivity contribution in [3.05, 3.63) is 65.2 Å². The Balaban J connectivity index is 2.14. The van der Waals surface area contributed by atoms with Crippen LogP contribution in [0, 0.1) is 0 Å². The van der Waals surface area contributed by atoms with E-state index in [4.69, 9.17) is 4.74 Å². The van der Waals surface area contributed by atoms with Crippen molar-refractivity contribution in [1.29, 1.82) is 0 Å². The third-order valence-corrected chi connectivity index (χ3v) is 4.09. The number of alkyl halides is 3. The van der Waals surface area contributed by atoms with Crippen LogP contribution in [0.2, 0.25) is 0 Å². The third kappa shape index (κ3) is 3.67. The van der Waals surface area contributed by atoms with Crippen molar-refractivity contribution in [2.75, 3.05) is 4.90 Å². The fraction of sp³-hybridized carbons (Fsp3) is 0.300. The first kappa shape index (κ1) is 18.9. The molecular formula is C20H18F3NO3. The minimum Gasteiger partial charge on any atom is -0.443 e. The first-order valence-electron chi connectivity index (χ1n) is 8.32.